The summed E-state index contributed by atoms with van der Waals surface area (Å²) in [5.41, 5.74) is 14.3. The molecule has 0 saturated heterocycles. The molecule has 0 aliphatic rings. The molecule has 0 spiro atoms. The number of hydrogen-bond acceptors (Lipinski definition) is 4. The van der Waals surface area contributed by atoms with Gasteiger partial charge in [0.15, 0.2) is 0 Å². The Morgan fingerprint density at radius 3 is 3.06 bits per heavy atom. The molecule has 0 radical (unpaired) electrons. The summed E-state index contributed by atoms with van der Waals surface area (Å²) in [7, 11) is 1.98. The van der Waals surface area contributed by atoms with Crippen LogP contribution in [0.15, 0.2) is 24.5 Å². The zero-order valence-electron chi connectivity index (χ0n) is 9.35. The number of nitrogens with zero attached hydrogens (tertiary/aromatic N) is 2. The fraction of sp³-hybridized carbons (Fsp3) is 0.364. The van der Waals surface area contributed by atoms with Crippen LogP contribution >= 0.6 is 0 Å². The van der Waals surface area contributed by atoms with Gasteiger partial charge in [-0.15, -0.1) is 0 Å². The van der Waals surface area contributed by atoms with Crippen LogP contribution in [0.4, 0.5) is 5.69 Å². The lowest BCUT2D eigenvalue weighted by atomic mass is 10.2. The van der Waals surface area contributed by atoms with E-state index in [0.29, 0.717) is 13.1 Å². The Balaban J connectivity index is 2.14. The highest BCUT2D eigenvalue weighted by Gasteiger charge is 2.02. The van der Waals surface area contributed by atoms with Gasteiger partial charge in [0.25, 0.3) is 0 Å². The van der Waals surface area contributed by atoms with Crippen molar-refractivity contribution in [2.45, 2.75) is 6.04 Å². The van der Waals surface area contributed by atoms with E-state index < -0.39 is 0 Å². The molecule has 0 amide bonds. The van der Waals surface area contributed by atoms with Gasteiger partial charge < -0.3 is 21.4 Å². The number of fused-ring (bicyclic) bond motifs is 1. The number of aryl methyl sites for hydroxylation is 1. The molecular formula is C11H17N5. The van der Waals surface area contributed by atoms with Crippen molar-refractivity contribution in [3.8, 4) is 0 Å². The topological polar surface area (TPSA) is 81.9 Å². The molecule has 0 aliphatic heterocycles. The SMILES string of the molecule is Cn1cnc2cc(NCC(N)CN)ccc21. The summed E-state index contributed by atoms with van der Waals surface area (Å²) >= 11 is 0. The van der Waals surface area contributed by atoms with E-state index in [1.807, 2.05) is 29.8 Å². The third-order valence-electron chi connectivity index (χ3n) is 2.60. The van der Waals surface area contributed by atoms with Crippen LogP contribution in [-0.2, 0) is 7.05 Å². The Hall–Kier alpha value is -1.59. The van der Waals surface area contributed by atoms with Gasteiger partial charge in [0.1, 0.15) is 0 Å². The van der Waals surface area contributed by atoms with E-state index in [-0.39, 0.29) is 6.04 Å². The number of aromatic nitrogens is 2. The minimum atomic E-state index is -0.0144. The van der Waals surface area contributed by atoms with Gasteiger partial charge in [-0.3, -0.25) is 0 Å². The second-order valence-electron chi connectivity index (χ2n) is 3.94. The first-order chi connectivity index (χ1) is 7.70. The van der Waals surface area contributed by atoms with Gasteiger partial charge in [-0.05, 0) is 18.2 Å². The first-order valence-corrected chi connectivity index (χ1v) is 5.31. The van der Waals surface area contributed by atoms with Crippen molar-refractivity contribution in [2.24, 2.45) is 18.5 Å². The van der Waals surface area contributed by atoms with Crippen molar-refractivity contribution in [1.82, 2.24) is 9.55 Å². The molecule has 1 aromatic heterocycles. The normalized spacial score (nSPS) is 12.9. The number of benzene rings is 1. The molecule has 1 unspecified atom stereocenters. The molecule has 1 aromatic carbocycles. The van der Waals surface area contributed by atoms with E-state index in [4.69, 9.17) is 11.5 Å². The predicted molar refractivity (Wildman–Crippen MR) is 66.2 cm³/mol. The highest BCUT2D eigenvalue weighted by Crippen LogP contribution is 2.17. The maximum absolute atomic E-state index is 5.73. The highest BCUT2D eigenvalue weighted by atomic mass is 15.0. The Bertz CT molecular complexity index is 476. The Kier molecular flexibility index (Phi) is 3.07. The van der Waals surface area contributed by atoms with Crippen molar-refractivity contribution in [3.63, 3.8) is 0 Å². The number of rotatable bonds is 4. The zero-order valence-corrected chi connectivity index (χ0v) is 9.35. The Morgan fingerprint density at radius 1 is 1.50 bits per heavy atom. The van der Waals surface area contributed by atoms with Crippen LogP contribution < -0.4 is 16.8 Å². The number of anilines is 1. The monoisotopic (exact) mass is 219 g/mol. The van der Waals surface area contributed by atoms with E-state index in [1.54, 1.807) is 6.33 Å². The minimum Gasteiger partial charge on any atom is -0.383 e. The van der Waals surface area contributed by atoms with Crippen LogP contribution in [-0.4, -0.2) is 28.7 Å². The van der Waals surface area contributed by atoms with Gasteiger partial charge in [0, 0.05) is 31.9 Å². The first kappa shape index (κ1) is 10.9. The maximum Gasteiger partial charge on any atom is 0.0955 e. The van der Waals surface area contributed by atoms with Gasteiger partial charge in [0.2, 0.25) is 0 Å². The summed E-state index contributed by atoms with van der Waals surface area (Å²) in [5.74, 6) is 0. The fourth-order valence-corrected chi connectivity index (χ4v) is 1.58. The van der Waals surface area contributed by atoms with Crippen molar-refractivity contribution in [2.75, 3.05) is 18.4 Å². The van der Waals surface area contributed by atoms with Gasteiger partial charge in [-0.25, -0.2) is 4.98 Å². The number of imidazole rings is 1. The van der Waals surface area contributed by atoms with Crippen LogP contribution in [0.5, 0.6) is 0 Å². The standard InChI is InChI=1S/C11H17N5/c1-16-7-15-10-4-9(2-3-11(10)16)14-6-8(13)5-12/h2-4,7-8,14H,5-6,12-13H2,1H3. The Morgan fingerprint density at radius 2 is 2.31 bits per heavy atom. The van der Waals surface area contributed by atoms with E-state index in [9.17, 15) is 0 Å². The molecule has 0 saturated carbocycles. The maximum atomic E-state index is 5.73. The number of nitrogens with one attached hydrogen (secondary N) is 1. The lowest BCUT2D eigenvalue weighted by Gasteiger charge is -2.11. The third kappa shape index (κ3) is 2.15. The molecule has 0 bridgehead atoms. The molecule has 0 fully saturated rings. The smallest absolute Gasteiger partial charge is 0.0955 e. The van der Waals surface area contributed by atoms with E-state index in [1.165, 1.54) is 0 Å². The van der Waals surface area contributed by atoms with Crippen molar-refractivity contribution >= 4 is 16.7 Å². The van der Waals surface area contributed by atoms with Crippen molar-refractivity contribution in [1.29, 1.82) is 0 Å². The molecule has 5 heteroatoms. The Labute approximate surface area is 94.4 Å². The molecule has 2 aromatic rings. The quantitative estimate of drug-likeness (QED) is 0.689. The van der Waals surface area contributed by atoms with Crippen molar-refractivity contribution < 1.29 is 0 Å². The van der Waals surface area contributed by atoms with Crippen LogP contribution in [0.3, 0.4) is 0 Å². The number of nitrogens with two attached hydrogens (primary N) is 2. The van der Waals surface area contributed by atoms with Crippen LogP contribution in [0.2, 0.25) is 0 Å². The molecule has 16 heavy (non-hydrogen) atoms. The van der Waals surface area contributed by atoms with Gasteiger partial charge in [-0.2, -0.15) is 0 Å². The third-order valence-corrected chi connectivity index (χ3v) is 2.60. The van der Waals surface area contributed by atoms with E-state index >= 15 is 0 Å². The summed E-state index contributed by atoms with van der Waals surface area (Å²) in [6.07, 6.45) is 1.81. The lowest BCUT2D eigenvalue weighted by molar-refractivity contribution is 0.713. The summed E-state index contributed by atoms with van der Waals surface area (Å²) in [6.45, 7) is 1.16. The van der Waals surface area contributed by atoms with Gasteiger partial charge in [-0.1, -0.05) is 0 Å². The number of hydrogen-bond donors (Lipinski definition) is 3. The van der Waals surface area contributed by atoms with E-state index in [2.05, 4.69) is 10.3 Å². The van der Waals surface area contributed by atoms with Gasteiger partial charge in [0.05, 0.1) is 17.4 Å². The predicted octanol–water partition coefficient (Wildman–Crippen LogP) is 0.271. The average molecular weight is 219 g/mol. The second-order valence-corrected chi connectivity index (χ2v) is 3.94. The molecule has 2 rings (SSSR count). The van der Waals surface area contributed by atoms with Crippen LogP contribution in [0.1, 0.15) is 0 Å². The lowest BCUT2D eigenvalue weighted by Crippen LogP contribution is -2.36. The summed E-state index contributed by atoms with van der Waals surface area (Å²) < 4.78 is 1.99. The van der Waals surface area contributed by atoms with Crippen LogP contribution in [0.25, 0.3) is 11.0 Å². The molecule has 5 N–H and O–H groups in total. The zero-order chi connectivity index (χ0) is 11.5. The summed E-state index contributed by atoms with van der Waals surface area (Å²) in [4.78, 5) is 4.29. The molecule has 1 atom stereocenters. The average Bonchev–Trinajstić information content (AvgIpc) is 2.67. The molecule has 1 heterocycles. The van der Waals surface area contributed by atoms with Gasteiger partial charge >= 0.3 is 0 Å². The molecule has 5 nitrogen and oxygen atoms in total. The second kappa shape index (κ2) is 4.51. The summed E-state index contributed by atoms with van der Waals surface area (Å²) in [6, 6.07) is 6.06. The molecular weight excluding hydrogens is 202 g/mol. The molecule has 86 valence electrons. The van der Waals surface area contributed by atoms with Crippen molar-refractivity contribution in [3.05, 3.63) is 24.5 Å². The van der Waals surface area contributed by atoms with Crippen LogP contribution in [0, 0.1) is 0 Å². The first-order valence-electron chi connectivity index (χ1n) is 5.31. The molecule has 0 aliphatic carbocycles. The summed E-state index contributed by atoms with van der Waals surface area (Å²) in [5, 5.41) is 3.24. The largest absolute Gasteiger partial charge is 0.383 e. The highest BCUT2D eigenvalue weighted by molar-refractivity contribution is 5.79. The minimum absolute atomic E-state index is 0.0144. The van der Waals surface area contributed by atoms with E-state index in [0.717, 1.165) is 16.7 Å². The fourth-order valence-electron chi connectivity index (χ4n) is 1.58.